The maximum Gasteiger partial charge on any atom is 0.0886 e. The van der Waals surface area contributed by atoms with E-state index in [1.54, 1.807) is 0 Å². The molecular formula is C24H16ClN. The Bertz CT molecular complexity index is 1050. The standard InChI is InChI=1S/C24H16ClN/c25-21-14-8-13-20-23(21)18-11-4-5-12-19(18)24(20,17-9-2-1-3-10-17)22-15-6-7-16-26-22/h1-16H. The van der Waals surface area contributed by atoms with Crippen LogP contribution in [0.1, 0.15) is 22.4 Å². The number of benzene rings is 3. The van der Waals surface area contributed by atoms with Crippen LogP contribution in [-0.2, 0) is 5.41 Å². The van der Waals surface area contributed by atoms with Gasteiger partial charge in [-0.05, 0) is 40.5 Å². The fourth-order valence-corrected chi connectivity index (χ4v) is 4.57. The van der Waals surface area contributed by atoms with Gasteiger partial charge in [-0.1, -0.05) is 84.4 Å². The van der Waals surface area contributed by atoms with Crippen molar-refractivity contribution >= 4 is 11.6 Å². The summed E-state index contributed by atoms with van der Waals surface area (Å²) in [5.41, 5.74) is 6.47. The smallest absolute Gasteiger partial charge is 0.0886 e. The van der Waals surface area contributed by atoms with Gasteiger partial charge >= 0.3 is 0 Å². The van der Waals surface area contributed by atoms with Crippen LogP contribution >= 0.6 is 11.6 Å². The molecule has 1 nitrogen and oxygen atoms in total. The van der Waals surface area contributed by atoms with Gasteiger partial charge in [0.05, 0.1) is 11.1 Å². The molecule has 1 unspecified atom stereocenters. The third-order valence-corrected chi connectivity index (χ3v) is 5.59. The third-order valence-electron chi connectivity index (χ3n) is 5.27. The molecule has 2 heteroatoms. The summed E-state index contributed by atoms with van der Waals surface area (Å²) in [6.07, 6.45) is 1.87. The Balaban J connectivity index is 2.00. The maximum absolute atomic E-state index is 6.68. The van der Waals surface area contributed by atoms with Gasteiger partial charge in [-0.25, -0.2) is 0 Å². The van der Waals surface area contributed by atoms with E-state index in [4.69, 9.17) is 16.6 Å². The molecule has 1 aliphatic rings. The molecule has 0 radical (unpaired) electrons. The summed E-state index contributed by atoms with van der Waals surface area (Å²) >= 11 is 6.68. The van der Waals surface area contributed by atoms with Gasteiger partial charge in [0.25, 0.3) is 0 Å². The van der Waals surface area contributed by atoms with Crippen LogP contribution in [-0.4, -0.2) is 4.98 Å². The van der Waals surface area contributed by atoms with E-state index in [1.165, 1.54) is 22.3 Å². The van der Waals surface area contributed by atoms with E-state index in [0.29, 0.717) is 0 Å². The minimum Gasteiger partial charge on any atom is -0.260 e. The summed E-state index contributed by atoms with van der Waals surface area (Å²) < 4.78 is 0. The van der Waals surface area contributed by atoms with Crippen LogP contribution < -0.4 is 0 Å². The fourth-order valence-electron chi connectivity index (χ4n) is 4.29. The van der Waals surface area contributed by atoms with Gasteiger partial charge in [0.1, 0.15) is 0 Å². The lowest BCUT2D eigenvalue weighted by Crippen LogP contribution is -2.29. The lowest BCUT2D eigenvalue weighted by Gasteiger charge is -2.32. The first-order valence-electron chi connectivity index (χ1n) is 8.69. The Hall–Kier alpha value is -2.90. The molecule has 0 amide bonds. The average Bonchev–Trinajstić information content (AvgIpc) is 3.02. The number of nitrogens with zero attached hydrogens (tertiary/aromatic N) is 1. The number of hydrogen-bond acceptors (Lipinski definition) is 1. The highest BCUT2D eigenvalue weighted by atomic mass is 35.5. The van der Waals surface area contributed by atoms with Crippen molar-refractivity contribution in [2.75, 3.05) is 0 Å². The van der Waals surface area contributed by atoms with Crippen molar-refractivity contribution in [2.45, 2.75) is 5.41 Å². The Morgan fingerprint density at radius 1 is 0.654 bits per heavy atom. The van der Waals surface area contributed by atoms with Gasteiger partial charge in [-0.15, -0.1) is 0 Å². The molecule has 0 fully saturated rings. The predicted octanol–water partition coefficient (Wildman–Crippen LogP) is 6.10. The monoisotopic (exact) mass is 353 g/mol. The van der Waals surface area contributed by atoms with Crippen LogP contribution in [0.3, 0.4) is 0 Å². The molecule has 0 saturated carbocycles. The van der Waals surface area contributed by atoms with Crippen LogP contribution in [0.15, 0.2) is 97.2 Å². The van der Waals surface area contributed by atoms with Crippen molar-refractivity contribution in [3.8, 4) is 11.1 Å². The number of fused-ring (bicyclic) bond motifs is 3. The van der Waals surface area contributed by atoms with E-state index in [0.717, 1.165) is 16.3 Å². The van der Waals surface area contributed by atoms with Gasteiger partial charge in [0.2, 0.25) is 0 Å². The minimum absolute atomic E-state index is 0.459. The number of aromatic nitrogens is 1. The van der Waals surface area contributed by atoms with Gasteiger partial charge in [-0.3, -0.25) is 4.98 Å². The van der Waals surface area contributed by atoms with Crippen LogP contribution in [0.5, 0.6) is 0 Å². The first kappa shape index (κ1) is 15.4. The van der Waals surface area contributed by atoms with Crippen LogP contribution in [0, 0.1) is 0 Å². The van der Waals surface area contributed by atoms with Crippen LogP contribution in [0.4, 0.5) is 0 Å². The predicted molar refractivity (Wildman–Crippen MR) is 107 cm³/mol. The summed E-state index contributed by atoms with van der Waals surface area (Å²) in [6.45, 7) is 0. The Kier molecular flexibility index (Phi) is 3.44. The highest BCUT2D eigenvalue weighted by Crippen LogP contribution is 2.56. The second-order valence-electron chi connectivity index (χ2n) is 6.54. The molecular weight excluding hydrogens is 338 g/mol. The van der Waals surface area contributed by atoms with Crippen molar-refractivity contribution in [2.24, 2.45) is 0 Å². The molecule has 0 saturated heterocycles. The number of hydrogen-bond donors (Lipinski definition) is 0. The molecule has 3 aromatic carbocycles. The zero-order chi connectivity index (χ0) is 17.6. The molecule has 26 heavy (non-hydrogen) atoms. The first-order valence-corrected chi connectivity index (χ1v) is 9.07. The molecule has 0 aliphatic heterocycles. The van der Waals surface area contributed by atoms with E-state index >= 15 is 0 Å². The third kappa shape index (κ3) is 1.95. The van der Waals surface area contributed by atoms with Crippen molar-refractivity contribution in [1.82, 2.24) is 4.98 Å². The summed E-state index contributed by atoms with van der Waals surface area (Å²) in [7, 11) is 0. The average molecular weight is 354 g/mol. The van der Waals surface area contributed by atoms with E-state index in [9.17, 15) is 0 Å². The van der Waals surface area contributed by atoms with Crippen molar-refractivity contribution in [1.29, 1.82) is 0 Å². The van der Waals surface area contributed by atoms with Crippen molar-refractivity contribution in [3.63, 3.8) is 0 Å². The highest BCUT2D eigenvalue weighted by molar-refractivity contribution is 6.34. The van der Waals surface area contributed by atoms with Crippen LogP contribution in [0.2, 0.25) is 5.02 Å². The summed E-state index contributed by atoms with van der Waals surface area (Å²) in [5, 5.41) is 0.781. The zero-order valence-electron chi connectivity index (χ0n) is 14.1. The minimum atomic E-state index is -0.459. The maximum atomic E-state index is 6.68. The van der Waals surface area contributed by atoms with Gasteiger partial charge in [0, 0.05) is 16.8 Å². The number of halogens is 1. The molecule has 0 spiro atoms. The van der Waals surface area contributed by atoms with Crippen LogP contribution in [0.25, 0.3) is 11.1 Å². The highest BCUT2D eigenvalue weighted by Gasteiger charge is 2.47. The lowest BCUT2D eigenvalue weighted by molar-refractivity contribution is 0.735. The first-order chi connectivity index (χ1) is 12.8. The summed E-state index contributed by atoms with van der Waals surface area (Å²) in [4.78, 5) is 4.79. The molecule has 1 heterocycles. The zero-order valence-corrected chi connectivity index (χ0v) is 14.8. The SMILES string of the molecule is Clc1cccc2c1-c1ccccc1C2(c1ccccc1)c1ccccn1. The molecule has 124 valence electrons. The van der Waals surface area contributed by atoms with E-state index in [1.807, 2.05) is 24.4 Å². The number of pyridine rings is 1. The Morgan fingerprint density at radius 2 is 1.38 bits per heavy atom. The largest absolute Gasteiger partial charge is 0.260 e. The molecule has 1 aromatic heterocycles. The Labute approximate surface area is 157 Å². The summed E-state index contributed by atoms with van der Waals surface area (Å²) in [5.74, 6) is 0. The quantitative estimate of drug-likeness (QED) is 0.373. The van der Waals surface area contributed by atoms with Gasteiger partial charge in [-0.2, -0.15) is 0 Å². The lowest BCUT2D eigenvalue weighted by atomic mass is 9.70. The molecule has 1 atom stereocenters. The fraction of sp³-hybridized carbons (Fsp3) is 0.0417. The molecule has 1 aliphatic carbocycles. The van der Waals surface area contributed by atoms with E-state index < -0.39 is 5.41 Å². The second kappa shape index (κ2) is 5.82. The van der Waals surface area contributed by atoms with Gasteiger partial charge < -0.3 is 0 Å². The van der Waals surface area contributed by atoms with E-state index in [-0.39, 0.29) is 0 Å². The van der Waals surface area contributed by atoms with E-state index in [2.05, 4.69) is 72.8 Å². The molecule has 0 N–H and O–H groups in total. The van der Waals surface area contributed by atoms with Gasteiger partial charge in [0.15, 0.2) is 0 Å². The second-order valence-corrected chi connectivity index (χ2v) is 6.95. The molecule has 4 aromatic rings. The van der Waals surface area contributed by atoms with Crippen molar-refractivity contribution < 1.29 is 0 Å². The molecule has 0 bridgehead atoms. The number of rotatable bonds is 2. The summed E-state index contributed by atoms with van der Waals surface area (Å²) in [6, 6.07) is 31.4. The normalized spacial score (nSPS) is 17.6. The molecule has 5 rings (SSSR count). The Morgan fingerprint density at radius 3 is 2.19 bits per heavy atom. The topological polar surface area (TPSA) is 12.9 Å². The van der Waals surface area contributed by atoms with Crippen molar-refractivity contribution in [3.05, 3.63) is 125 Å².